The smallest absolute Gasteiger partial charge is 0.238 e. The van der Waals surface area contributed by atoms with Crippen LogP contribution in [-0.2, 0) is 4.79 Å². The number of hydrogen-bond acceptors (Lipinski definition) is 2. The predicted octanol–water partition coefficient (Wildman–Crippen LogP) is 2.28. The molecule has 0 radical (unpaired) electrons. The summed E-state index contributed by atoms with van der Waals surface area (Å²) in [6, 6.07) is 0.553. The van der Waals surface area contributed by atoms with Gasteiger partial charge in [-0.1, -0.05) is 13.3 Å². The zero-order chi connectivity index (χ0) is 10.2. The van der Waals surface area contributed by atoms with Crippen LogP contribution >= 0.6 is 11.8 Å². The zero-order valence-corrected chi connectivity index (χ0v) is 9.90. The average molecular weight is 213 g/mol. The molecule has 0 unspecified atom stereocenters. The van der Waals surface area contributed by atoms with Gasteiger partial charge < -0.3 is 4.90 Å². The van der Waals surface area contributed by atoms with E-state index in [-0.39, 0.29) is 4.75 Å². The normalized spacial score (nSPS) is 37.4. The van der Waals surface area contributed by atoms with Gasteiger partial charge in [0.1, 0.15) is 0 Å². The maximum Gasteiger partial charge on any atom is 0.238 e. The number of hydrogen-bond donors (Lipinski definition) is 0. The van der Waals surface area contributed by atoms with Crippen molar-refractivity contribution in [2.75, 3.05) is 12.3 Å². The highest BCUT2D eigenvalue weighted by atomic mass is 32.2. The molecule has 2 heterocycles. The quantitative estimate of drug-likeness (QED) is 0.701. The number of thioether (sulfide) groups is 1. The van der Waals surface area contributed by atoms with Crippen molar-refractivity contribution < 1.29 is 4.79 Å². The SMILES string of the molecule is CCC[C@@]1(C)SC[C@@H]2CCCN2C1=O. The number of rotatable bonds is 2. The van der Waals surface area contributed by atoms with Gasteiger partial charge in [-0.3, -0.25) is 4.79 Å². The van der Waals surface area contributed by atoms with Crippen LogP contribution in [-0.4, -0.2) is 33.9 Å². The third-order valence-corrected chi connectivity index (χ3v) is 4.98. The summed E-state index contributed by atoms with van der Waals surface area (Å²) in [6.07, 6.45) is 4.56. The topological polar surface area (TPSA) is 20.3 Å². The van der Waals surface area contributed by atoms with E-state index in [0.29, 0.717) is 11.9 Å². The summed E-state index contributed by atoms with van der Waals surface area (Å²) in [5.41, 5.74) is 0. The third-order valence-electron chi connectivity index (χ3n) is 3.41. The van der Waals surface area contributed by atoms with Crippen LogP contribution in [0.15, 0.2) is 0 Å². The molecule has 3 heteroatoms. The lowest BCUT2D eigenvalue weighted by molar-refractivity contribution is -0.134. The fourth-order valence-electron chi connectivity index (χ4n) is 2.58. The van der Waals surface area contributed by atoms with E-state index in [1.54, 1.807) is 0 Å². The van der Waals surface area contributed by atoms with Crippen molar-refractivity contribution in [3.63, 3.8) is 0 Å². The molecule has 2 rings (SSSR count). The number of carbonyl (C=O) groups is 1. The van der Waals surface area contributed by atoms with E-state index in [1.165, 1.54) is 12.8 Å². The summed E-state index contributed by atoms with van der Waals surface area (Å²) in [5, 5.41) is 0. The van der Waals surface area contributed by atoms with E-state index in [2.05, 4.69) is 18.7 Å². The van der Waals surface area contributed by atoms with Gasteiger partial charge in [0.2, 0.25) is 5.91 Å². The van der Waals surface area contributed by atoms with Crippen molar-refractivity contribution in [1.29, 1.82) is 0 Å². The summed E-state index contributed by atoms with van der Waals surface area (Å²) in [4.78, 5) is 14.4. The summed E-state index contributed by atoms with van der Waals surface area (Å²) >= 11 is 1.88. The molecular weight excluding hydrogens is 194 g/mol. The van der Waals surface area contributed by atoms with E-state index in [1.807, 2.05) is 11.8 Å². The van der Waals surface area contributed by atoms with Crippen LogP contribution in [0, 0.1) is 0 Å². The number of nitrogens with zero attached hydrogens (tertiary/aromatic N) is 1. The largest absolute Gasteiger partial charge is 0.338 e. The summed E-state index contributed by atoms with van der Waals surface area (Å²) in [7, 11) is 0. The fraction of sp³-hybridized carbons (Fsp3) is 0.909. The monoisotopic (exact) mass is 213 g/mol. The molecule has 2 nitrogen and oxygen atoms in total. The van der Waals surface area contributed by atoms with Crippen molar-refractivity contribution in [2.45, 2.75) is 50.3 Å². The predicted molar refractivity (Wildman–Crippen MR) is 60.5 cm³/mol. The van der Waals surface area contributed by atoms with Crippen molar-refractivity contribution in [1.82, 2.24) is 4.90 Å². The Morgan fingerprint density at radius 2 is 2.43 bits per heavy atom. The second-order valence-corrected chi connectivity index (χ2v) is 6.11. The lowest BCUT2D eigenvalue weighted by Crippen LogP contribution is -2.52. The van der Waals surface area contributed by atoms with E-state index in [0.717, 1.165) is 25.1 Å². The highest BCUT2D eigenvalue weighted by Crippen LogP contribution is 2.40. The Kier molecular flexibility index (Phi) is 2.78. The van der Waals surface area contributed by atoms with Crippen molar-refractivity contribution in [2.24, 2.45) is 0 Å². The van der Waals surface area contributed by atoms with Gasteiger partial charge in [-0.15, -0.1) is 11.8 Å². The molecule has 2 aliphatic heterocycles. The number of amides is 1. The first-order chi connectivity index (χ1) is 6.67. The minimum Gasteiger partial charge on any atom is -0.338 e. The Morgan fingerprint density at radius 3 is 3.14 bits per heavy atom. The van der Waals surface area contributed by atoms with Gasteiger partial charge in [0, 0.05) is 18.3 Å². The van der Waals surface area contributed by atoms with Gasteiger partial charge in [-0.25, -0.2) is 0 Å². The van der Waals surface area contributed by atoms with Crippen LogP contribution in [0.4, 0.5) is 0 Å². The minimum absolute atomic E-state index is 0.115. The second kappa shape index (κ2) is 3.76. The maximum atomic E-state index is 12.2. The molecule has 0 bridgehead atoms. The fourth-order valence-corrected chi connectivity index (χ4v) is 4.07. The molecule has 2 saturated heterocycles. The van der Waals surface area contributed by atoms with Gasteiger partial charge in [0.15, 0.2) is 0 Å². The lowest BCUT2D eigenvalue weighted by atomic mass is 10.0. The number of carbonyl (C=O) groups excluding carboxylic acids is 1. The average Bonchev–Trinajstić information content (AvgIpc) is 2.61. The van der Waals surface area contributed by atoms with E-state index >= 15 is 0 Å². The van der Waals surface area contributed by atoms with E-state index < -0.39 is 0 Å². The van der Waals surface area contributed by atoms with Gasteiger partial charge in [0.25, 0.3) is 0 Å². The Bertz CT molecular complexity index is 243. The molecule has 2 aliphatic rings. The molecule has 0 spiro atoms. The second-order valence-electron chi connectivity index (χ2n) is 4.59. The van der Waals surface area contributed by atoms with Crippen LogP contribution in [0.2, 0.25) is 0 Å². The molecule has 2 fully saturated rings. The molecule has 0 aromatic rings. The van der Waals surface area contributed by atoms with Crippen LogP contribution in [0.3, 0.4) is 0 Å². The van der Waals surface area contributed by atoms with Crippen molar-refractivity contribution >= 4 is 17.7 Å². The summed E-state index contributed by atoms with van der Waals surface area (Å²) < 4.78 is -0.115. The van der Waals surface area contributed by atoms with Gasteiger partial charge in [-0.2, -0.15) is 0 Å². The molecule has 2 atom stereocenters. The first-order valence-corrected chi connectivity index (χ1v) is 6.61. The Labute approximate surface area is 90.4 Å². The standard InChI is InChI=1S/C11H19NOS/c1-3-6-11(2)10(13)12-7-4-5-9(12)8-14-11/h9H,3-8H2,1-2H3/t9-,11+/m0/s1. The highest BCUT2D eigenvalue weighted by molar-refractivity contribution is 8.01. The summed E-state index contributed by atoms with van der Waals surface area (Å²) in [6.45, 7) is 5.29. The maximum absolute atomic E-state index is 12.2. The third kappa shape index (κ3) is 1.56. The van der Waals surface area contributed by atoms with Crippen LogP contribution < -0.4 is 0 Å². The molecular formula is C11H19NOS. The van der Waals surface area contributed by atoms with E-state index in [4.69, 9.17) is 0 Å². The molecule has 0 aromatic heterocycles. The highest BCUT2D eigenvalue weighted by Gasteiger charge is 2.45. The molecule has 0 aromatic carbocycles. The lowest BCUT2D eigenvalue weighted by Gasteiger charge is -2.40. The molecule has 1 amide bonds. The molecule has 0 aliphatic carbocycles. The molecule has 80 valence electrons. The van der Waals surface area contributed by atoms with Crippen molar-refractivity contribution in [3.8, 4) is 0 Å². The Balaban J connectivity index is 2.12. The molecule has 14 heavy (non-hydrogen) atoms. The Morgan fingerprint density at radius 1 is 1.64 bits per heavy atom. The van der Waals surface area contributed by atoms with E-state index in [9.17, 15) is 4.79 Å². The Hall–Kier alpha value is -0.180. The minimum atomic E-state index is -0.115. The van der Waals surface area contributed by atoms with Crippen LogP contribution in [0.5, 0.6) is 0 Å². The van der Waals surface area contributed by atoms with Crippen LogP contribution in [0.1, 0.15) is 39.5 Å². The van der Waals surface area contributed by atoms with Crippen molar-refractivity contribution in [3.05, 3.63) is 0 Å². The van der Waals surface area contributed by atoms with Gasteiger partial charge in [-0.05, 0) is 26.2 Å². The first-order valence-electron chi connectivity index (χ1n) is 5.62. The van der Waals surface area contributed by atoms with Crippen LogP contribution in [0.25, 0.3) is 0 Å². The number of fused-ring (bicyclic) bond motifs is 1. The van der Waals surface area contributed by atoms with Gasteiger partial charge in [0.05, 0.1) is 4.75 Å². The van der Waals surface area contributed by atoms with Gasteiger partial charge >= 0.3 is 0 Å². The molecule has 0 saturated carbocycles. The summed E-state index contributed by atoms with van der Waals surface area (Å²) in [5.74, 6) is 1.56. The first kappa shape index (κ1) is 10.3. The molecule has 0 N–H and O–H groups in total. The zero-order valence-electron chi connectivity index (χ0n) is 9.08.